The highest BCUT2D eigenvalue weighted by Crippen LogP contribution is 2.07. The van der Waals surface area contributed by atoms with Gasteiger partial charge < -0.3 is 10.6 Å². The summed E-state index contributed by atoms with van der Waals surface area (Å²) in [5, 5.41) is 6.70. The molecule has 1 aromatic heterocycles. The lowest BCUT2D eigenvalue weighted by Gasteiger charge is -2.23. The predicted molar refractivity (Wildman–Crippen MR) is 56.2 cm³/mol. The maximum absolute atomic E-state index is 4.11. The summed E-state index contributed by atoms with van der Waals surface area (Å²) < 4.78 is 0. The summed E-state index contributed by atoms with van der Waals surface area (Å²) in [6.07, 6.45) is 7.39. The van der Waals surface area contributed by atoms with Crippen LogP contribution < -0.4 is 10.6 Å². The molecule has 1 atom stereocenters. The first-order valence-electron chi connectivity index (χ1n) is 5.19. The molecule has 0 bridgehead atoms. The third kappa shape index (κ3) is 2.67. The Hall–Kier alpha value is -1.16. The molecule has 2 rings (SSSR count). The molecule has 2 N–H and O–H groups in total. The van der Waals surface area contributed by atoms with Crippen LogP contribution in [0.5, 0.6) is 0 Å². The third-order valence-electron chi connectivity index (χ3n) is 2.48. The van der Waals surface area contributed by atoms with Crippen LogP contribution in [0.2, 0.25) is 0 Å². The van der Waals surface area contributed by atoms with Crippen molar-refractivity contribution in [1.29, 1.82) is 0 Å². The highest BCUT2D eigenvalue weighted by molar-refractivity contribution is 5.22. The topological polar surface area (TPSA) is 49.8 Å². The summed E-state index contributed by atoms with van der Waals surface area (Å²) in [4.78, 5) is 8.23. The van der Waals surface area contributed by atoms with Gasteiger partial charge >= 0.3 is 0 Å². The van der Waals surface area contributed by atoms with E-state index in [9.17, 15) is 0 Å². The van der Waals surface area contributed by atoms with Gasteiger partial charge in [-0.2, -0.15) is 0 Å². The zero-order valence-electron chi connectivity index (χ0n) is 8.24. The zero-order chi connectivity index (χ0) is 9.64. The van der Waals surface area contributed by atoms with Crippen molar-refractivity contribution >= 4 is 5.95 Å². The van der Waals surface area contributed by atoms with Gasteiger partial charge in [-0.25, -0.2) is 9.97 Å². The van der Waals surface area contributed by atoms with Gasteiger partial charge in [-0.05, 0) is 25.5 Å². The van der Waals surface area contributed by atoms with Crippen LogP contribution in [0.4, 0.5) is 5.95 Å². The molecule has 4 nitrogen and oxygen atoms in total. The van der Waals surface area contributed by atoms with Crippen LogP contribution in [0.25, 0.3) is 0 Å². The van der Waals surface area contributed by atoms with E-state index >= 15 is 0 Å². The lowest BCUT2D eigenvalue weighted by atomic mass is 10.1. The molecule has 14 heavy (non-hydrogen) atoms. The number of rotatable bonds is 3. The average Bonchev–Trinajstić information content (AvgIpc) is 2.29. The Morgan fingerprint density at radius 1 is 1.36 bits per heavy atom. The van der Waals surface area contributed by atoms with E-state index in [-0.39, 0.29) is 0 Å². The van der Waals surface area contributed by atoms with E-state index in [4.69, 9.17) is 0 Å². The molecule has 1 fully saturated rings. The number of piperidine rings is 1. The first-order chi connectivity index (χ1) is 6.95. The molecule has 0 aliphatic carbocycles. The lowest BCUT2D eigenvalue weighted by molar-refractivity contribution is 0.413. The van der Waals surface area contributed by atoms with Crippen LogP contribution in [0.1, 0.15) is 19.3 Å². The Morgan fingerprint density at radius 3 is 2.93 bits per heavy atom. The minimum Gasteiger partial charge on any atom is -0.353 e. The van der Waals surface area contributed by atoms with E-state index < -0.39 is 0 Å². The van der Waals surface area contributed by atoms with Crippen LogP contribution >= 0.6 is 0 Å². The number of hydrogen-bond acceptors (Lipinski definition) is 4. The second-order valence-electron chi connectivity index (χ2n) is 3.60. The summed E-state index contributed by atoms with van der Waals surface area (Å²) in [6, 6.07) is 2.40. The standard InChI is InChI=1S/C10H16N4/c1-2-5-11-9(4-1)8-14-10-12-6-3-7-13-10/h3,6-7,9,11H,1-2,4-5,8H2,(H,12,13,14). The van der Waals surface area contributed by atoms with Gasteiger partial charge in [-0.3, -0.25) is 0 Å². The van der Waals surface area contributed by atoms with Crippen molar-refractivity contribution in [2.75, 3.05) is 18.4 Å². The molecule has 0 radical (unpaired) electrons. The van der Waals surface area contributed by atoms with Crippen molar-refractivity contribution in [1.82, 2.24) is 15.3 Å². The lowest BCUT2D eigenvalue weighted by Crippen LogP contribution is -2.39. The van der Waals surface area contributed by atoms with E-state index in [1.807, 2.05) is 6.07 Å². The molecule has 76 valence electrons. The number of aromatic nitrogens is 2. The predicted octanol–water partition coefficient (Wildman–Crippen LogP) is 1.03. The van der Waals surface area contributed by atoms with Crippen molar-refractivity contribution in [3.63, 3.8) is 0 Å². The highest BCUT2D eigenvalue weighted by Gasteiger charge is 2.11. The number of nitrogens with zero attached hydrogens (tertiary/aromatic N) is 2. The molecular weight excluding hydrogens is 176 g/mol. The fourth-order valence-electron chi connectivity index (χ4n) is 1.70. The maximum Gasteiger partial charge on any atom is 0.222 e. The summed E-state index contributed by atoms with van der Waals surface area (Å²) in [5.74, 6) is 0.722. The van der Waals surface area contributed by atoms with Gasteiger partial charge in [0.2, 0.25) is 5.95 Å². The Labute approximate surface area is 84.2 Å². The summed E-state index contributed by atoms with van der Waals surface area (Å²) in [7, 11) is 0. The van der Waals surface area contributed by atoms with E-state index in [0.717, 1.165) is 19.0 Å². The van der Waals surface area contributed by atoms with Crippen LogP contribution in [-0.4, -0.2) is 29.1 Å². The van der Waals surface area contributed by atoms with Crippen LogP contribution in [0, 0.1) is 0 Å². The molecule has 2 heterocycles. The Kier molecular flexibility index (Phi) is 3.29. The van der Waals surface area contributed by atoms with Crippen molar-refractivity contribution < 1.29 is 0 Å². The molecule has 0 amide bonds. The van der Waals surface area contributed by atoms with Crippen molar-refractivity contribution in [2.45, 2.75) is 25.3 Å². The third-order valence-corrected chi connectivity index (χ3v) is 2.48. The Balaban J connectivity index is 1.76. The quantitative estimate of drug-likeness (QED) is 0.751. The van der Waals surface area contributed by atoms with E-state index in [1.165, 1.54) is 19.3 Å². The second-order valence-corrected chi connectivity index (χ2v) is 3.60. The molecular formula is C10H16N4. The van der Waals surface area contributed by atoms with Crippen LogP contribution in [0.3, 0.4) is 0 Å². The van der Waals surface area contributed by atoms with Gasteiger partial charge in [-0.15, -0.1) is 0 Å². The largest absolute Gasteiger partial charge is 0.353 e. The van der Waals surface area contributed by atoms with Crippen LogP contribution in [-0.2, 0) is 0 Å². The average molecular weight is 192 g/mol. The molecule has 0 spiro atoms. The SMILES string of the molecule is c1cnc(NCC2CCCCN2)nc1. The van der Waals surface area contributed by atoms with Gasteiger partial charge in [-0.1, -0.05) is 6.42 Å². The highest BCUT2D eigenvalue weighted by atomic mass is 15.1. The molecule has 1 unspecified atom stereocenters. The van der Waals surface area contributed by atoms with Crippen molar-refractivity contribution in [3.05, 3.63) is 18.5 Å². The summed E-state index contributed by atoms with van der Waals surface area (Å²) in [6.45, 7) is 2.06. The van der Waals surface area contributed by atoms with Crippen molar-refractivity contribution in [3.8, 4) is 0 Å². The molecule has 0 aromatic carbocycles. The van der Waals surface area contributed by atoms with Gasteiger partial charge in [0.15, 0.2) is 0 Å². The molecule has 1 aromatic rings. The molecule has 4 heteroatoms. The zero-order valence-corrected chi connectivity index (χ0v) is 8.24. The van der Waals surface area contributed by atoms with Crippen molar-refractivity contribution in [2.24, 2.45) is 0 Å². The van der Waals surface area contributed by atoms with E-state index in [2.05, 4.69) is 20.6 Å². The minimum atomic E-state index is 0.576. The Bertz CT molecular complexity index is 256. The van der Waals surface area contributed by atoms with Gasteiger partial charge in [0.05, 0.1) is 0 Å². The normalized spacial score (nSPS) is 21.9. The Morgan fingerprint density at radius 2 is 2.21 bits per heavy atom. The summed E-state index contributed by atoms with van der Waals surface area (Å²) >= 11 is 0. The smallest absolute Gasteiger partial charge is 0.222 e. The van der Waals surface area contributed by atoms with Gasteiger partial charge in [0, 0.05) is 25.0 Å². The molecule has 1 aliphatic heterocycles. The van der Waals surface area contributed by atoms with Gasteiger partial charge in [0.1, 0.15) is 0 Å². The fourth-order valence-corrected chi connectivity index (χ4v) is 1.70. The molecule has 1 saturated heterocycles. The first kappa shape index (κ1) is 9.40. The molecule has 0 saturated carbocycles. The number of nitrogens with one attached hydrogen (secondary N) is 2. The minimum absolute atomic E-state index is 0.576. The molecule has 1 aliphatic rings. The number of anilines is 1. The summed E-state index contributed by atoms with van der Waals surface area (Å²) in [5.41, 5.74) is 0. The monoisotopic (exact) mass is 192 g/mol. The van der Waals surface area contributed by atoms with E-state index in [0.29, 0.717) is 6.04 Å². The first-order valence-corrected chi connectivity index (χ1v) is 5.19. The van der Waals surface area contributed by atoms with Gasteiger partial charge in [0.25, 0.3) is 0 Å². The fraction of sp³-hybridized carbons (Fsp3) is 0.600. The second kappa shape index (κ2) is 4.91. The number of hydrogen-bond donors (Lipinski definition) is 2. The maximum atomic E-state index is 4.11. The van der Waals surface area contributed by atoms with E-state index in [1.54, 1.807) is 12.4 Å². The van der Waals surface area contributed by atoms with Crippen LogP contribution in [0.15, 0.2) is 18.5 Å².